The fraction of sp³-hybridized carbons (Fsp3) is 1.00. The largest absolute Gasteiger partial charge is 0.327 e. The molecule has 1 unspecified atom stereocenters. The van der Waals surface area contributed by atoms with Gasteiger partial charge in [-0.2, -0.15) is 0 Å². The highest BCUT2D eigenvalue weighted by molar-refractivity contribution is 4.75. The minimum Gasteiger partial charge on any atom is -0.327 e. The Hall–Kier alpha value is -0.0800. The summed E-state index contributed by atoms with van der Waals surface area (Å²) < 4.78 is 0. The molecule has 0 saturated heterocycles. The van der Waals surface area contributed by atoms with Crippen LogP contribution in [0.15, 0.2) is 0 Å². The van der Waals surface area contributed by atoms with Crippen LogP contribution < -0.4 is 11.1 Å². The van der Waals surface area contributed by atoms with E-state index in [1.54, 1.807) is 0 Å². The third-order valence-corrected chi connectivity index (χ3v) is 3.12. The number of nitrogens with two attached hydrogens (primary N) is 1. The van der Waals surface area contributed by atoms with Crippen molar-refractivity contribution in [1.29, 1.82) is 0 Å². The van der Waals surface area contributed by atoms with Crippen LogP contribution in [0.3, 0.4) is 0 Å². The number of nitrogens with one attached hydrogen (secondary N) is 1. The minimum absolute atomic E-state index is 0.369. The normalized spacial score (nSPS) is 21.2. The molecule has 1 rings (SSSR count). The SMILES string of the molecule is CC(C)C(N)CCNC1CCCC1. The quantitative estimate of drug-likeness (QED) is 0.685. The smallest absolute Gasteiger partial charge is 0.00739 e. The van der Waals surface area contributed by atoms with Crippen LogP contribution in [0.2, 0.25) is 0 Å². The zero-order chi connectivity index (χ0) is 9.68. The summed E-state index contributed by atoms with van der Waals surface area (Å²) in [6.45, 7) is 5.49. The van der Waals surface area contributed by atoms with Gasteiger partial charge in [0.05, 0.1) is 0 Å². The summed E-state index contributed by atoms with van der Waals surface area (Å²) in [5, 5.41) is 3.59. The highest BCUT2D eigenvalue weighted by atomic mass is 14.9. The van der Waals surface area contributed by atoms with Gasteiger partial charge in [-0.3, -0.25) is 0 Å². The Kier molecular flexibility index (Phi) is 4.74. The molecule has 1 aliphatic rings. The monoisotopic (exact) mass is 184 g/mol. The Labute approximate surface area is 82.3 Å². The lowest BCUT2D eigenvalue weighted by Crippen LogP contribution is -2.34. The van der Waals surface area contributed by atoms with E-state index in [-0.39, 0.29) is 0 Å². The van der Waals surface area contributed by atoms with Crippen LogP contribution in [0.1, 0.15) is 46.0 Å². The molecular formula is C11H24N2. The molecule has 0 bridgehead atoms. The molecule has 13 heavy (non-hydrogen) atoms. The first-order valence-corrected chi connectivity index (χ1v) is 5.69. The van der Waals surface area contributed by atoms with E-state index < -0.39 is 0 Å². The molecule has 3 N–H and O–H groups in total. The molecule has 1 fully saturated rings. The van der Waals surface area contributed by atoms with Crippen LogP contribution in [-0.2, 0) is 0 Å². The molecule has 0 aromatic heterocycles. The molecule has 0 heterocycles. The average molecular weight is 184 g/mol. The van der Waals surface area contributed by atoms with Gasteiger partial charge < -0.3 is 11.1 Å². The molecule has 0 spiro atoms. The predicted molar refractivity (Wildman–Crippen MR) is 57.7 cm³/mol. The number of rotatable bonds is 5. The van der Waals surface area contributed by atoms with Crippen LogP contribution in [0.5, 0.6) is 0 Å². The van der Waals surface area contributed by atoms with E-state index in [4.69, 9.17) is 5.73 Å². The second-order valence-electron chi connectivity index (χ2n) is 4.63. The van der Waals surface area contributed by atoms with Gasteiger partial charge in [0.2, 0.25) is 0 Å². The highest BCUT2D eigenvalue weighted by Gasteiger charge is 2.14. The first-order chi connectivity index (χ1) is 6.20. The Morgan fingerprint density at radius 2 is 1.92 bits per heavy atom. The maximum Gasteiger partial charge on any atom is 0.00739 e. The molecule has 0 amide bonds. The van der Waals surface area contributed by atoms with Crippen molar-refractivity contribution in [3.05, 3.63) is 0 Å². The van der Waals surface area contributed by atoms with Crippen molar-refractivity contribution in [1.82, 2.24) is 5.32 Å². The van der Waals surface area contributed by atoms with Gasteiger partial charge in [0.15, 0.2) is 0 Å². The van der Waals surface area contributed by atoms with Gasteiger partial charge in [0.1, 0.15) is 0 Å². The van der Waals surface area contributed by atoms with Gasteiger partial charge in [-0.15, -0.1) is 0 Å². The second kappa shape index (κ2) is 5.61. The van der Waals surface area contributed by atoms with Gasteiger partial charge in [0.25, 0.3) is 0 Å². The molecule has 1 aliphatic carbocycles. The van der Waals surface area contributed by atoms with E-state index in [2.05, 4.69) is 19.2 Å². The van der Waals surface area contributed by atoms with Gasteiger partial charge in [-0.25, -0.2) is 0 Å². The molecular weight excluding hydrogens is 160 g/mol. The molecule has 1 saturated carbocycles. The molecule has 0 aliphatic heterocycles. The van der Waals surface area contributed by atoms with Crippen molar-refractivity contribution in [3.63, 3.8) is 0 Å². The first-order valence-electron chi connectivity index (χ1n) is 5.69. The topological polar surface area (TPSA) is 38.0 Å². The highest BCUT2D eigenvalue weighted by Crippen LogP contribution is 2.17. The molecule has 2 nitrogen and oxygen atoms in total. The molecule has 0 aromatic carbocycles. The Morgan fingerprint density at radius 1 is 1.31 bits per heavy atom. The van der Waals surface area contributed by atoms with Gasteiger partial charge >= 0.3 is 0 Å². The lowest BCUT2D eigenvalue weighted by molar-refractivity contribution is 0.427. The van der Waals surface area contributed by atoms with E-state index >= 15 is 0 Å². The van der Waals surface area contributed by atoms with E-state index in [0.29, 0.717) is 12.0 Å². The van der Waals surface area contributed by atoms with Crippen molar-refractivity contribution in [2.75, 3.05) is 6.54 Å². The summed E-state index contributed by atoms with van der Waals surface area (Å²) in [5.74, 6) is 0.616. The predicted octanol–water partition coefficient (Wildman–Crippen LogP) is 1.89. The van der Waals surface area contributed by atoms with Crippen molar-refractivity contribution in [3.8, 4) is 0 Å². The van der Waals surface area contributed by atoms with Crippen molar-refractivity contribution in [2.45, 2.75) is 58.0 Å². The first kappa shape index (κ1) is 11.0. The van der Waals surface area contributed by atoms with Gasteiger partial charge in [-0.1, -0.05) is 26.7 Å². The summed E-state index contributed by atoms with van der Waals surface area (Å²) in [6.07, 6.45) is 6.68. The summed E-state index contributed by atoms with van der Waals surface area (Å²) in [7, 11) is 0. The zero-order valence-corrected chi connectivity index (χ0v) is 9.05. The van der Waals surface area contributed by atoms with E-state index in [0.717, 1.165) is 19.0 Å². The second-order valence-corrected chi connectivity index (χ2v) is 4.63. The van der Waals surface area contributed by atoms with Crippen molar-refractivity contribution >= 4 is 0 Å². The van der Waals surface area contributed by atoms with Gasteiger partial charge in [0, 0.05) is 12.1 Å². The van der Waals surface area contributed by atoms with Crippen LogP contribution in [0.25, 0.3) is 0 Å². The number of hydrogen-bond acceptors (Lipinski definition) is 2. The van der Waals surface area contributed by atoms with Crippen LogP contribution in [-0.4, -0.2) is 18.6 Å². The van der Waals surface area contributed by atoms with Crippen molar-refractivity contribution in [2.24, 2.45) is 11.7 Å². The fourth-order valence-electron chi connectivity index (χ4n) is 1.92. The molecule has 0 aromatic rings. The zero-order valence-electron chi connectivity index (χ0n) is 9.05. The Morgan fingerprint density at radius 3 is 2.46 bits per heavy atom. The lowest BCUT2D eigenvalue weighted by Gasteiger charge is -2.17. The summed E-state index contributed by atoms with van der Waals surface area (Å²) >= 11 is 0. The van der Waals surface area contributed by atoms with Crippen LogP contribution >= 0.6 is 0 Å². The molecule has 1 atom stereocenters. The molecule has 2 heteroatoms. The van der Waals surface area contributed by atoms with Crippen LogP contribution in [0.4, 0.5) is 0 Å². The summed E-state index contributed by atoms with van der Waals surface area (Å²) in [5.41, 5.74) is 5.96. The average Bonchev–Trinajstić information content (AvgIpc) is 2.56. The van der Waals surface area contributed by atoms with Crippen LogP contribution in [0, 0.1) is 5.92 Å². The number of hydrogen-bond donors (Lipinski definition) is 2. The minimum atomic E-state index is 0.369. The standard InChI is InChI=1S/C11H24N2/c1-9(2)11(12)7-8-13-10-5-3-4-6-10/h9-11,13H,3-8,12H2,1-2H3. The summed E-state index contributed by atoms with van der Waals surface area (Å²) in [6, 6.07) is 1.16. The molecule has 0 radical (unpaired) electrons. The summed E-state index contributed by atoms with van der Waals surface area (Å²) in [4.78, 5) is 0. The Bertz CT molecular complexity index is 126. The van der Waals surface area contributed by atoms with E-state index in [9.17, 15) is 0 Å². The Balaban J connectivity index is 1.99. The molecule has 78 valence electrons. The maximum atomic E-state index is 5.96. The van der Waals surface area contributed by atoms with Gasteiger partial charge in [-0.05, 0) is 31.7 Å². The third-order valence-electron chi connectivity index (χ3n) is 3.12. The van der Waals surface area contributed by atoms with E-state index in [1.807, 2.05) is 0 Å². The van der Waals surface area contributed by atoms with Crippen molar-refractivity contribution < 1.29 is 0 Å². The fourth-order valence-corrected chi connectivity index (χ4v) is 1.92. The van der Waals surface area contributed by atoms with E-state index in [1.165, 1.54) is 25.7 Å². The third kappa shape index (κ3) is 4.10. The maximum absolute atomic E-state index is 5.96. The lowest BCUT2D eigenvalue weighted by atomic mass is 10.0.